The van der Waals surface area contributed by atoms with E-state index in [1.54, 1.807) is 0 Å². The van der Waals surface area contributed by atoms with Crippen LogP contribution in [0.4, 0.5) is 4.39 Å². The summed E-state index contributed by atoms with van der Waals surface area (Å²) in [6.07, 6.45) is 3.19. The van der Waals surface area contributed by atoms with E-state index in [1.807, 2.05) is 49.4 Å². The summed E-state index contributed by atoms with van der Waals surface area (Å²) >= 11 is 0. The maximum Gasteiger partial charge on any atom is 0.253 e. The second kappa shape index (κ2) is 9.04. The molecule has 1 fully saturated rings. The van der Waals surface area contributed by atoms with Gasteiger partial charge in [-0.05, 0) is 62.9 Å². The van der Waals surface area contributed by atoms with Crippen molar-refractivity contribution in [3.63, 3.8) is 0 Å². The largest absolute Gasteiger partial charge is 0.419 e. The molecule has 4 aromatic rings. The van der Waals surface area contributed by atoms with E-state index in [2.05, 4.69) is 20.3 Å². The molecule has 7 heteroatoms. The van der Waals surface area contributed by atoms with Crippen LogP contribution in [0.25, 0.3) is 22.7 Å². The number of hydrogen-bond donors (Lipinski definition) is 0. The van der Waals surface area contributed by atoms with Gasteiger partial charge in [0.2, 0.25) is 5.89 Å². The lowest BCUT2D eigenvalue weighted by Gasteiger charge is -2.31. The van der Waals surface area contributed by atoms with Crippen LogP contribution < -0.4 is 0 Å². The van der Waals surface area contributed by atoms with Crippen LogP contribution in [-0.4, -0.2) is 33.3 Å². The van der Waals surface area contributed by atoms with Crippen molar-refractivity contribution < 1.29 is 13.3 Å². The molecule has 32 heavy (non-hydrogen) atoms. The van der Waals surface area contributed by atoms with Gasteiger partial charge in [0.1, 0.15) is 22.8 Å². The molecular weight excluding hydrogens is 407 g/mol. The summed E-state index contributed by atoms with van der Waals surface area (Å²) in [5.41, 5.74) is 3.60. The van der Waals surface area contributed by atoms with Gasteiger partial charge in [0.15, 0.2) is 0 Å². The van der Waals surface area contributed by atoms with Crippen LogP contribution in [0.15, 0.2) is 63.5 Å². The molecule has 0 atom stereocenters. The van der Waals surface area contributed by atoms with Gasteiger partial charge < -0.3 is 8.94 Å². The Kier molecular flexibility index (Phi) is 5.81. The average molecular weight is 432 g/mol. The molecule has 3 heterocycles. The predicted molar refractivity (Wildman–Crippen MR) is 118 cm³/mol. The molecular formula is C25H25FN4O2. The Morgan fingerprint density at radius 2 is 1.75 bits per heavy atom. The van der Waals surface area contributed by atoms with Crippen molar-refractivity contribution in [3.8, 4) is 22.7 Å². The predicted octanol–water partition coefficient (Wildman–Crippen LogP) is 5.29. The van der Waals surface area contributed by atoms with E-state index in [0.717, 1.165) is 43.5 Å². The molecule has 6 nitrogen and oxygen atoms in total. The van der Waals surface area contributed by atoms with Crippen LogP contribution in [0.1, 0.15) is 30.1 Å². The summed E-state index contributed by atoms with van der Waals surface area (Å²) in [4.78, 5) is 2.34. The van der Waals surface area contributed by atoms with Crippen molar-refractivity contribution in [1.29, 1.82) is 0 Å². The topological polar surface area (TPSA) is 68.2 Å². The SMILES string of the molecule is Cc1onc(-c2ccccc2)c1-c1nnc(CN2CCC(Cc3ccc(F)cc3)CC2)o1. The van der Waals surface area contributed by atoms with Gasteiger partial charge in [-0.2, -0.15) is 0 Å². The molecule has 0 amide bonds. The molecule has 0 saturated carbocycles. The highest BCUT2D eigenvalue weighted by Gasteiger charge is 2.24. The molecule has 0 aliphatic carbocycles. The van der Waals surface area contributed by atoms with Crippen LogP contribution in [0.5, 0.6) is 0 Å². The second-order valence-electron chi connectivity index (χ2n) is 8.38. The summed E-state index contributed by atoms with van der Waals surface area (Å²) in [7, 11) is 0. The first-order chi connectivity index (χ1) is 15.7. The number of benzene rings is 2. The van der Waals surface area contributed by atoms with Crippen molar-refractivity contribution in [2.75, 3.05) is 13.1 Å². The smallest absolute Gasteiger partial charge is 0.253 e. The zero-order valence-corrected chi connectivity index (χ0v) is 18.0. The Morgan fingerprint density at radius 1 is 1.00 bits per heavy atom. The third kappa shape index (κ3) is 4.48. The normalized spacial score (nSPS) is 15.3. The van der Waals surface area contributed by atoms with Crippen LogP contribution in [0, 0.1) is 18.7 Å². The molecule has 5 rings (SSSR count). The molecule has 164 valence electrons. The van der Waals surface area contributed by atoms with Crippen LogP contribution in [0.3, 0.4) is 0 Å². The minimum atomic E-state index is -0.181. The number of aryl methyl sites for hydroxylation is 1. The third-order valence-electron chi connectivity index (χ3n) is 6.09. The highest BCUT2D eigenvalue weighted by atomic mass is 19.1. The summed E-state index contributed by atoms with van der Waals surface area (Å²) in [5, 5.41) is 12.7. The van der Waals surface area contributed by atoms with Crippen LogP contribution in [-0.2, 0) is 13.0 Å². The van der Waals surface area contributed by atoms with Crippen molar-refractivity contribution in [1.82, 2.24) is 20.3 Å². The number of piperidine rings is 1. The van der Waals surface area contributed by atoms with Gasteiger partial charge >= 0.3 is 0 Å². The van der Waals surface area contributed by atoms with Crippen molar-refractivity contribution in [2.45, 2.75) is 32.7 Å². The molecule has 0 radical (unpaired) electrons. The molecule has 2 aromatic heterocycles. The fourth-order valence-corrected chi connectivity index (χ4v) is 4.33. The Bertz CT molecular complexity index is 1160. The Balaban J connectivity index is 1.22. The molecule has 1 saturated heterocycles. The second-order valence-corrected chi connectivity index (χ2v) is 8.38. The zero-order chi connectivity index (χ0) is 21.9. The minimum absolute atomic E-state index is 0.181. The van der Waals surface area contributed by atoms with Crippen molar-refractivity contribution >= 4 is 0 Å². The number of rotatable bonds is 6. The maximum absolute atomic E-state index is 13.1. The minimum Gasteiger partial charge on any atom is -0.419 e. The molecule has 1 aliphatic rings. The van der Waals surface area contributed by atoms with Gasteiger partial charge in [-0.1, -0.05) is 47.6 Å². The molecule has 1 aliphatic heterocycles. The summed E-state index contributed by atoms with van der Waals surface area (Å²) < 4.78 is 24.5. The Morgan fingerprint density at radius 3 is 2.50 bits per heavy atom. The van der Waals surface area contributed by atoms with Crippen molar-refractivity contribution in [2.24, 2.45) is 5.92 Å². The maximum atomic E-state index is 13.1. The molecule has 0 spiro atoms. The summed E-state index contributed by atoms with van der Waals surface area (Å²) in [6, 6.07) is 16.7. The zero-order valence-electron chi connectivity index (χ0n) is 18.0. The highest BCUT2D eigenvalue weighted by Crippen LogP contribution is 2.33. The first kappa shape index (κ1) is 20.6. The fraction of sp³-hybridized carbons (Fsp3) is 0.320. The van der Waals surface area contributed by atoms with Gasteiger partial charge in [-0.3, -0.25) is 4.90 Å². The fourth-order valence-electron chi connectivity index (χ4n) is 4.33. The van der Waals surface area contributed by atoms with E-state index in [0.29, 0.717) is 35.7 Å². The van der Waals surface area contributed by atoms with Crippen molar-refractivity contribution in [3.05, 3.63) is 77.6 Å². The van der Waals surface area contributed by atoms with Gasteiger partial charge in [0.25, 0.3) is 5.89 Å². The van der Waals surface area contributed by atoms with E-state index in [-0.39, 0.29) is 5.82 Å². The number of likely N-dealkylation sites (tertiary alicyclic amines) is 1. The monoisotopic (exact) mass is 432 g/mol. The number of nitrogens with zero attached hydrogens (tertiary/aromatic N) is 4. The average Bonchev–Trinajstić information content (AvgIpc) is 3.43. The number of halogens is 1. The molecule has 2 aromatic carbocycles. The first-order valence-electron chi connectivity index (χ1n) is 11.0. The molecule has 0 N–H and O–H groups in total. The summed E-state index contributed by atoms with van der Waals surface area (Å²) in [5.74, 6) is 2.11. The van der Waals surface area contributed by atoms with Gasteiger partial charge in [0.05, 0.1) is 6.54 Å². The van der Waals surface area contributed by atoms with E-state index < -0.39 is 0 Å². The Hall–Kier alpha value is -3.32. The lowest BCUT2D eigenvalue weighted by molar-refractivity contribution is 0.164. The van der Waals surface area contributed by atoms with Gasteiger partial charge in [-0.25, -0.2) is 4.39 Å². The van der Waals surface area contributed by atoms with E-state index in [1.165, 1.54) is 17.7 Å². The Labute approximate surface area is 186 Å². The lowest BCUT2D eigenvalue weighted by Crippen LogP contribution is -2.34. The summed E-state index contributed by atoms with van der Waals surface area (Å²) in [6.45, 7) is 4.43. The number of aromatic nitrogens is 3. The van der Waals surface area contributed by atoms with Crippen LogP contribution in [0.2, 0.25) is 0 Å². The van der Waals surface area contributed by atoms with Gasteiger partial charge in [0, 0.05) is 5.56 Å². The lowest BCUT2D eigenvalue weighted by atomic mass is 9.90. The highest BCUT2D eigenvalue weighted by molar-refractivity contribution is 5.77. The van der Waals surface area contributed by atoms with E-state index in [4.69, 9.17) is 8.94 Å². The first-order valence-corrected chi connectivity index (χ1v) is 11.0. The third-order valence-corrected chi connectivity index (χ3v) is 6.09. The molecule has 0 bridgehead atoms. The quantitative estimate of drug-likeness (QED) is 0.412. The molecule has 0 unspecified atom stereocenters. The number of hydrogen-bond acceptors (Lipinski definition) is 6. The van der Waals surface area contributed by atoms with Gasteiger partial charge in [-0.15, -0.1) is 10.2 Å². The van der Waals surface area contributed by atoms with Crippen LogP contribution >= 0.6 is 0 Å². The standard InChI is InChI=1S/C25H25FN4O2/c1-17-23(24(29-32-17)20-5-3-2-4-6-20)25-28-27-22(31-25)16-30-13-11-19(12-14-30)15-18-7-9-21(26)10-8-18/h2-10,19H,11-16H2,1H3. The van der Waals surface area contributed by atoms with E-state index >= 15 is 0 Å². The van der Waals surface area contributed by atoms with E-state index in [9.17, 15) is 4.39 Å².